The Bertz CT molecular complexity index is 762. The summed E-state index contributed by atoms with van der Waals surface area (Å²) in [5, 5.41) is 6.09. The lowest BCUT2D eigenvalue weighted by atomic mass is 9.93. The number of carbonyl (C=O) groups is 2. The molecule has 1 fully saturated rings. The van der Waals surface area contributed by atoms with Crippen molar-refractivity contribution in [1.29, 1.82) is 0 Å². The van der Waals surface area contributed by atoms with Crippen molar-refractivity contribution in [2.24, 2.45) is 10.9 Å². The van der Waals surface area contributed by atoms with Gasteiger partial charge in [0, 0.05) is 58.3 Å². The van der Waals surface area contributed by atoms with Gasteiger partial charge in [-0.25, -0.2) is 0 Å². The van der Waals surface area contributed by atoms with Crippen LogP contribution in [0.1, 0.15) is 44.6 Å². The molecule has 31 heavy (non-hydrogen) atoms. The Balaban J connectivity index is 0.00000341. The molecule has 2 aliphatic rings. The van der Waals surface area contributed by atoms with Gasteiger partial charge in [0.2, 0.25) is 11.8 Å². The number of likely N-dealkylation sites (tertiary alicyclic amines) is 1. The number of hydrogen-bond donors (Lipinski definition) is 2. The van der Waals surface area contributed by atoms with Crippen LogP contribution in [0.5, 0.6) is 0 Å². The first-order chi connectivity index (χ1) is 14.6. The number of halogens is 1. The molecule has 0 radical (unpaired) electrons. The summed E-state index contributed by atoms with van der Waals surface area (Å²) in [4.78, 5) is 33.2. The highest BCUT2D eigenvalue weighted by Crippen LogP contribution is 2.28. The zero-order valence-electron chi connectivity index (χ0n) is 18.7. The Morgan fingerprint density at radius 1 is 1.16 bits per heavy atom. The van der Waals surface area contributed by atoms with Crippen LogP contribution in [0, 0.1) is 5.92 Å². The van der Waals surface area contributed by atoms with E-state index in [0.29, 0.717) is 25.3 Å². The fourth-order valence-electron chi connectivity index (χ4n) is 4.29. The highest BCUT2D eigenvalue weighted by Gasteiger charge is 2.24. The zero-order chi connectivity index (χ0) is 21.3. The van der Waals surface area contributed by atoms with Gasteiger partial charge in [-0.3, -0.25) is 14.6 Å². The van der Waals surface area contributed by atoms with E-state index < -0.39 is 0 Å². The molecule has 0 bridgehead atoms. The van der Waals surface area contributed by atoms with Gasteiger partial charge in [-0.2, -0.15) is 0 Å². The van der Waals surface area contributed by atoms with Gasteiger partial charge in [0.25, 0.3) is 0 Å². The van der Waals surface area contributed by atoms with Gasteiger partial charge in [0.15, 0.2) is 5.96 Å². The molecule has 1 aromatic carbocycles. The number of benzene rings is 1. The second-order valence-electron chi connectivity index (χ2n) is 8.07. The number of guanidine groups is 1. The van der Waals surface area contributed by atoms with Crippen LogP contribution in [-0.4, -0.2) is 62.4 Å². The van der Waals surface area contributed by atoms with Gasteiger partial charge in [0.05, 0.1) is 0 Å². The maximum atomic E-state index is 12.6. The number of carbonyl (C=O) groups excluding carboxylic acids is 2. The summed E-state index contributed by atoms with van der Waals surface area (Å²) in [7, 11) is 1.70. The first kappa shape index (κ1) is 25.4. The van der Waals surface area contributed by atoms with Crippen LogP contribution in [0.25, 0.3) is 0 Å². The van der Waals surface area contributed by atoms with Crippen LogP contribution in [0.15, 0.2) is 29.3 Å². The van der Waals surface area contributed by atoms with E-state index in [0.717, 1.165) is 63.5 Å². The van der Waals surface area contributed by atoms with E-state index >= 15 is 0 Å². The molecular formula is C23H36IN5O2. The fourth-order valence-corrected chi connectivity index (χ4v) is 4.29. The molecule has 8 heteroatoms. The SMILES string of the molecule is CCNC(=NCCCC(=O)N1CCc2ccccc21)N1CCC(CC(=O)NC)CC1.I. The molecule has 0 atom stereocenters. The zero-order valence-corrected chi connectivity index (χ0v) is 21.1. The Morgan fingerprint density at radius 3 is 2.61 bits per heavy atom. The minimum absolute atomic E-state index is 0. The molecular weight excluding hydrogens is 505 g/mol. The number of rotatable bonds is 7. The van der Waals surface area contributed by atoms with Crippen molar-refractivity contribution in [2.75, 3.05) is 44.7 Å². The van der Waals surface area contributed by atoms with Gasteiger partial charge in [0.1, 0.15) is 0 Å². The summed E-state index contributed by atoms with van der Waals surface area (Å²) < 4.78 is 0. The molecule has 0 aliphatic carbocycles. The number of fused-ring (bicyclic) bond motifs is 1. The molecule has 7 nitrogen and oxygen atoms in total. The van der Waals surface area contributed by atoms with Crippen LogP contribution < -0.4 is 15.5 Å². The molecule has 0 aromatic heterocycles. The average molecular weight is 541 g/mol. The number of piperidine rings is 1. The largest absolute Gasteiger partial charge is 0.359 e. The number of nitrogens with one attached hydrogen (secondary N) is 2. The molecule has 2 N–H and O–H groups in total. The van der Waals surface area contributed by atoms with Crippen molar-refractivity contribution in [3.63, 3.8) is 0 Å². The predicted molar refractivity (Wildman–Crippen MR) is 136 cm³/mol. The lowest BCUT2D eigenvalue weighted by molar-refractivity contribution is -0.122. The number of nitrogens with zero attached hydrogens (tertiary/aromatic N) is 3. The van der Waals surface area contributed by atoms with Gasteiger partial charge in [-0.15, -0.1) is 24.0 Å². The first-order valence-corrected chi connectivity index (χ1v) is 11.2. The molecule has 2 heterocycles. The van der Waals surface area contributed by atoms with E-state index in [-0.39, 0.29) is 35.8 Å². The maximum Gasteiger partial charge on any atom is 0.227 e. The fraction of sp³-hybridized carbons (Fsp3) is 0.609. The smallest absolute Gasteiger partial charge is 0.227 e. The van der Waals surface area contributed by atoms with Gasteiger partial charge >= 0.3 is 0 Å². The number of amides is 2. The van der Waals surface area contributed by atoms with Crippen LogP contribution in [0.3, 0.4) is 0 Å². The summed E-state index contributed by atoms with van der Waals surface area (Å²) >= 11 is 0. The summed E-state index contributed by atoms with van der Waals surface area (Å²) in [5.41, 5.74) is 2.33. The predicted octanol–water partition coefficient (Wildman–Crippen LogP) is 2.79. The Morgan fingerprint density at radius 2 is 1.90 bits per heavy atom. The first-order valence-electron chi connectivity index (χ1n) is 11.2. The summed E-state index contributed by atoms with van der Waals surface area (Å²) in [6.45, 7) is 6.15. The highest BCUT2D eigenvalue weighted by atomic mass is 127. The Labute approximate surface area is 203 Å². The normalized spacial score (nSPS) is 16.5. The van der Waals surface area contributed by atoms with Crippen molar-refractivity contribution in [2.45, 2.75) is 45.4 Å². The van der Waals surface area contributed by atoms with Crippen molar-refractivity contribution < 1.29 is 9.59 Å². The van der Waals surface area contributed by atoms with Crippen molar-refractivity contribution in [3.05, 3.63) is 29.8 Å². The van der Waals surface area contributed by atoms with E-state index in [1.807, 2.05) is 23.1 Å². The Hall–Kier alpha value is -1.84. The summed E-state index contributed by atoms with van der Waals surface area (Å²) in [5.74, 6) is 1.69. The van der Waals surface area contributed by atoms with Crippen LogP contribution in [0.2, 0.25) is 0 Å². The minimum atomic E-state index is 0. The third-order valence-electron chi connectivity index (χ3n) is 6.00. The number of hydrogen-bond acceptors (Lipinski definition) is 3. The van der Waals surface area contributed by atoms with E-state index in [1.54, 1.807) is 7.05 Å². The lowest BCUT2D eigenvalue weighted by Gasteiger charge is -2.34. The van der Waals surface area contributed by atoms with Crippen LogP contribution in [0.4, 0.5) is 5.69 Å². The topological polar surface area (TPSA) is 77.0 Å². The third kappa shape index (κ3) is 7.08. The summed E-state index contributed by atoms with van der Waals surface area (Å²) in [6, 6.07) is 8.17. The van der Waals surface area contributed by atoms with Crippen molar-refractivity contribution in [3.8, 4) is 0 Å². The van der Waals surface area contributed by atoms with Gasteiger partial charge < -0.3 is 20.4 Å². The average Bonchev–Trinajstić information content (AvgIpc) is 3.20. The maximum absolute atomic E-state index is 12.6. The molecule has 2 aliphatic heterocycles. The highest BCUT2D eigenvalue weighted by molar-refractivity contribution is 14.0. The number of aliphatic imine (C=N–C) groups is 1. The molecule has 3 rings (SSSR count). The van der Waals surface area contributed by atoms with Gasteiger partial charge in [-0.05, 0) is 50.2 Å². The second kappa shape index (κ2) is 12.9. The molecule has 172 valence electrons. The Kier molecular flexibility index (Phi) is 10.6. The number of para-hydroxylation sites is 1. The number of anilines is 1. The third-order valence-corrected chi connectivity index (χ3v) is 6.00. The molecule has 0 saturated carbocycles. The molecule has 2 amide bonds. The van der Waals surface area contributed by atoms with Crippen LogP contribution in [-0.2, 0) is 16.0 Å². The molecule has 0 spiro atoms. The van der Waals surface area contributed by atoms with E-state index in [2.05, 4.69) is 28.5 Å². The standard InChI is InChI=1S/C23H35N5O2.HI/c1-3-25-23(27-14-10-18(11-15-27)17-21(29)24-2)26-13-6-9-22(30)28-16-12-19-7-4-5-8-20(19)28;/h4-5,7-8,18H,3,6,9-17H2,1-2H3,(H,24,29)(H,25,26);1H. The van der Waals surface area contributed by atoms with Crippen LogP contribution >= 0.6 is 24.0 Å². The van der Waals surface area contributed by atoms with Crippen molar-refractivity contribution in [1.82, 2.24) is 15.5 Å². The quantitative estimate of drug-likeness (QED) is 0.241. The minimum Gasteiger partial charge on any atom is -0.359 e. The summed E-state index contributed by atoms with van der Waals surface area (Å²) in [6.07, 6.45) is 4.83. The van der Waals surface area contributed by atoms with E-state index in [4.69, 9.17) is 4.99 Å². The van der Waals surface area contributed by atoms with Gasteiger partial charge in [-0.1, -0.05) is 18.2 Å². The molecule has 1 saturated heterocycles. The second-order valence-corrected chi connectivity index (χ2v) is 8.07. The monoisotopic (exact) mass is 541 g/mol. The molecule has 1 aromatic rings. The lowest BCUT2D eigenvalue weighted by Crippen LogP contribution is -2.46. The van der Waals surface area contributed by atoms with E-state index in [9.17, 15) is 9.59 Å². The molecule has 0 unspecified atom stereocenters. The van der Waals surface area contributed by atoms with E-state index in [1.165, 1.54) is 5.56 Å². The van der Waals surface area contributed by atoms with Crippen molar-refractivity contribution >= 4 is 47.4 Å².